The number of aromatic nitrogens is 4. The summed E-state index contributed by atoms with van der Waals surface area (Å²) in [4.78, 5) is 16.9. The van der Waals surface area contributed by atoms with Crippen molar-refractivity contribution < 1.29 is 4.79 Å². The molecule has 7 heteroatoms. The Morgan fingerprint density at radius 1 is 1.61 bits per heavy atom. The van der Waals surface area contributed by atoms with Gasteiger partial charge in [-0.3, -0.25) is 4.79 Å². The van der Waals surface area contributed by atoms with Crippen molar-refractivity contribution in [3.8, 4) is 0 Å². The number of fused-ring (bicyclic) bond motifs is 1. The number of hydrogen-bond acceptors (Lipinski definition) is 5. The van der Waals surface area contributed by atoms with Crippen LogP contribution < -0.4 is 5.32 Å². The van der Waals surface area contributed by atoms with Crippen LogP contribution in [0.25, 0.3) is 0 Å². The van der Waals surface area contributed by atoms with Gasteiger partial charge in [-0.2, -0.15) is 0 Å². The molecular formula is C11H13N5OS. The van der Waals surface area contributed by atoms with E-state index in [1.165, 1.54) is 6.20 Å². The molecule has 18 heavy (non-hydrogen) atoms. The smallest absolute Gasteiger partial charge is 0.264 e. The number of nitrogens with zero attached hydrogens (tertiary/aromatic N) is 4. The Kier molecular flexibility index (Phi) is 2.83. The number of carbonyl (C=O) groups excluding carboxylic acids is 1. The molecule has 1 atom stereocenters. The summed E-state index contributed by atoms with van der Waals surface area (Å²) in [5, 5.41) is 6.68. The number of aryl methyl sites for hydroxylation is 2. The van der Waals surface area contributed by atoms with Gasteiger partial charge in [0, 0.05) is 25.2 Å². The maximum Gasteiger partial charge on any atom is 0.264 e. The quantitative estimate of drug-likeness (QED) is 0.869. The van der Waals surface area contributed by atoms with E-state index in [0.717, 1.165) is 42.4 Å². The SMILES string of the molecule is Cc1cn2c(n1)CCC(NC(=O)c1cnns1)C2. The molecule has 1 N–H and O–H groups in total. The van der Waals surface area contributed by atoms with Crippen molar-refractivity contribution in [1.29, 1.82) is 0 Å². The second-order valence-electron chi connectivity index (χ2n) is 4.44. The van der Waals surface area contributed by atoms with Gasteiger partial charge >= 0.3 is 0 Å². The van der Waals surface area contributed by atoms with Gasteiger partial charge in [0.1, 0.15) is 10.7 Å². The Hall–Kier alpha value is -1.76. The Labute approximate surface area is 108 Å². The third-order valence-corrected chi connectivity index (χ3v) is 3.70. The molecule has 6 nitrogen and oxygen atoms in total. The predicted molar refractivity (Wildman–Crippen MR) is 66.4 cm³/mol. The number of carbonyl (C=O) groups is 1. The highest BCUT2D eigenvalue weighted by Crippen LogP contribution is 2.15. The van der Waals surface area contributed by atoms with Crippen LogP contribution in [-0.4, -0.2) is 31.1 Å². The van der Waals surface area contributed by atoms with Gasteiger partial charge in [0.15, 0.2) is 0 Å². The largest absolute Gasteiger partial charge is 0.347 e. The van der Waals surface area contributed by atoms with Gasteiger partial charge in [-0.15, -0.1) is 5.10 Å². The van der Waals surface area contributed by atoms with Gasteiger partial charge < -0.3 is 9.88 Å². The molecule has 0 spiro atoms. The van der Waals surface area contributed by atoms with Crippen molar-refractivity contribution in [3.05, 3.63) is 28.8 Å². The summed E-state index contributed by atoms with van der Waals surface area (Å²) >= 11 is 1.12. The van der Waals surface area contributed by atoms with Crippen LogP contribution in [0, 0.1) is 6.92 Å². The average molecular weight is 263 g/mol. The third-order valence-electron chi connectivity index (χ3n) is 3.03. The number of nitrogens with one attached hydrogen (secondary N) is 1. The summed E-state index contributed by atoms with van der Waals surface area (Å²) in [5.41, 5.74) is 1.03. The fraction of sp³-hybridized carbons (Fsp3) is 0.455. The minimum absolute atomic E-state index is 0.0877. The van der Waals surface area contributed by atoms with Crippen LogP contribution in [0.2, 0.25) is 0 Å². The molecule has 1 aliphatic rings. The molecule has 2 aromatic rings. The minimum Gasteiger partial charge on any atom is -0.347 e. The molecule has 0 saturated heterocycles. The van der Waals surface area contributed by atoms with E-state index < -0.39 is 0 Å². The number of imidazole rings is 1. The molecule has 1 amide bonds. The lowest BCUT2D eigenvalue weighted by atomic mass is 10.1. The molecule has 1 unspecified atom stereocenters. The van der Waals surface area contributed by atoms with Crippen molar-refractivity contribution >= 4 is 17.4 Å². The first kappa shape index (κ1) is 11.3. The van der Waals surface area contributed by atoms with Crippen molar-refractivity contribution in [2.75, 3.05) is 0 Å². The van der Waals surface area contributed by atoms with E-state index in [2.05, 4.69) is 24.5 Å². The van der Waals surface area contributed by atoms with Crippen LogP contribution in [-0.2, 0) is 13.0 Å². The zero-order valence-electron chi connectivity index (χ0n) is 9.96. The van der Waals surface area contributed by atoms with Crippen molar-refractivity contribution in [2.45, 2.75) is 32.4 Å². The van der Waals surface area contributed by atoms with Crippen LogP contribution in [0.5, 0.6) is 0 Å². The summed E-state index contributed by atoms with van der Waals surface area (Å²) in [6, 6.07) is 0.153. The lowest BCUT2D eigenvalue weighted by Crippen LogP contribution is -2.40. The van der Waals surface area contributed by atoms with Gasteiger partial charge in [0.05, 0.1) is 11.9 Å². The van der Waals surface area contributed by atoms with Gasteiger partial charge in [0.2, 0.25) is 0 Å². The van der Waals surface area contributed by atoms with E-state index in [1.807, 2.05) is 13.1 Å². The lowest BCUT2D eigenvalue weighted by Gasteiger charge is -2.24. The maximum atomic E-state index is 11.9. The predicted octanol–water partition coefficient (Wildman–Crippen LogP) is 0.788. The second-order valence-corrected chi connectivity index (χ2v) is 5.23. The van der Waals surface area contributed by atoms with E-state index in [-0.39, 0.29) is 11.9 Å². The normalized spacial score (nSPS) is 18.4. The third kappa shape index (κ3) is 2.13. The molecule has 0 bridgehead atoms. The Balaban J connectivity index is 1.68. The molecule has 94 valence electrons. The number of amides is 1. The lowest BCUT2D eigenvalue weighted by molar-refractivity contribution is 0.0931. The highest BCUT2D eigenvalue weighted by Gasteiger charge is 2.22. The fourth-order valence-corrected chi connectivity index (χ4v) is 2.65. The molecular weight excluding hydrogens is 250 g/mol. The van der Waals surface area contributed by atoms with Crippen LogP contribution in [0.3, 0.4) is 0 Å². The standard InChI is InChI=1S/C11H13N5OS/c1-7-5-16-6-8(2-3-10(16)13-7)14-11(17)9-4-12-15-18-9/h4-5,8H,2-3,6H2,1H3,(H,14,17). The van der Waals surface area contributed by atoms with Crippen LogP contribution in [0.15, 0.2) is 12.4 Å². The van der Waals surface area contributed by atoms with Gasteiger partial charge in [-0.05, 0) is 24.9 Å². The summed E-state index contributed by atoms with van der Waals surface area (Å²) < 4.78 is 5.81. The van der Waals surface area contributed by atoms with Crippen LogP contribution in [0.4, 0.5) is 0 Å². The second kappa shape index (κ2) is 4.49. The highest BCUT2D eigenvalue weighted by molar-refractivity contribution is 7.07. The molecule has 3 heterocycles. The van der Waals surface area contributed by atoms with E-state index in [1.54, 1.807) is 0 Å². The summed E-state index contributed by atoms with van der Waals surface area (Å²) in [6.45, 7) is 2.77. The monoisotopic (exact) mass is 263 g/mol. The molecule has 0 fully saturated rings. The molecule has 1 aliphatic heterocycles. The first-order chi connectivity index (χ1) is 8.72. The van der Waals surface area contributed by atoms with Crippen molar-refractivity contribution in [2.24, 2.45) is 0 Å². The summed E-state index contributed by atoms with van der Waals surface area (Å²) in [7, 11) is 0. The average Bonchev–Trinajstić information content (AvgIpc) is 2.95. The Bertz CT molecular complexity index is 562. The van der Waals surface area contributed by atoms with Crippen molar-refractivity contribution in [3.63, 3.8) is 0 Å². The zero-order valence-corrected chi connectivity index (χ0v) is 10.8. The highest BCUT2D eigenvalue weighted by atomic mass is 32.1. The number of rotatable bonds is 2. The zero-order chi connectivity index (χ0) is 12.5. The van der Waals surface area contributed by atoms with E-state index in [0.29, 0.717) is 4.88 Å². The minimum atomic E-state index is -0.0877. The van der Waals surface area contributed by atoms with E-state index in [9.17, 15) is 4.79 Å². The van der Waals surface area contributed by atoms with E-state index in [4.69, 9.17) is 0 Å². The molecule has 2 aromatic heterocycles. The molecule has 0 radical (unpaired) electrons. The van der Waals surface area contributed by atoms with Gasteiger partial charge in [-0.1, -0.05) is 4.49 Å². The van der Waals surface area contributed by atoms with Crippen LogP contribution >= 0.6 is 11.5 Å². The van der Waals surface area contributed by atoms with Gasteiger partial charge in [0.25, 0.3) is 5.91 Å². The first-order valence-electron chi connectivity index (χ1n) is 5.83. The van der Waals surface area contributed by atoms with Crippen molar-refractivity contribution in [1.82, 2.24) is 24.5 Å². The first-order valence-corrected chi connectivity index (χ1v) is 6.60. The fourth-order valence-electron chi connectivity index (χ4n) is 2.23. The number of hydrogen-bond donors (Lipinski definition) is 1. The van der Waals surface area contributed by atoms with E-state index >= 15 is 0 Å². The Morgan fingerprint density at radius 3 is 3.28 bits per heavy atom. The Morgan fingerprint density at radius 2 is 2.50 bits per heavy atom. The maximum absolute atomic E-state index is 11.9. The van der Waals surface area contributed by atoms with Gasteiger partial charge in [-0.25, -0.2) is 4.98 Å². The summed E-state index contributed by atoms with van der Waals surface area (Å²) in [6.07, 6.45) is 5.35. The molecule has 3 rings (SSSR count). The topological polar surface area (TPSA) is 72.7 Å². The molecule has 0 aromatic carbocycles. The summed E-state index contributed by atoms with van der Waals surface area (Å²) in [5.74, 6) is 1.02. The van der Waals surface area contributed by atoms with Crippen LogP contribution in [0.1, 0.15) is 27.6 Å². The molecule has 0 aliphatic carbocycles. The molecule has 0 saturated carbocycles.